The third kappa shape index (κ3) is 1.51. The minimum atomic E-state index is 0. The van der Waals surface area contributed by atoms with Gasteiger partial charge in [-0.05, 0) is 0 Å². The van der Waals surface area contributed by atoms with Crippen LogP contribution in [-0.2, 0) is 19.5 Å². The van der Waals surface area contributed by atoms with Crippen molar-refractivity contribution < 1.29 is 19.5 Å². The van der Waals surface area contributed by atoms with Crippen LogP contribution in [0.1, 0.15) is 27.2 Å². The van der Waals surface area contributed by atoms with E-state index in [2.05, 4.69) is 26.1 Å². The van der Waals surface area contributed by atoms with Gasteiger partial charge in [0.1, 0.15) is 0 Å². The molecule has 1 saturated carbocycles. The quantitative estimate of drug-likeness (QED) is 0.379. The molecule has 2 fully saturated rings. The molecule has 2 unspecified atom stereocenters. The molecule has 13 heavy (non-hydrogen) atoms. The van der Waals surface area contributed by atoms with Crippen molar-refractivity contribution in [3.05, 3.63) is 11.8 Å². The molecule has 2 rings (SSSR count). The Labute approximate surface area is 88.4 Å². The molecule has 3 heteroatoms. The summed E-state index contributed by atoms with van der Waals surface area (Å²) in [6.45, 7) is 9.41. The summed E-state index contributed by atoms with van der Waals surface area (Å²) in [5.41, 5.74) is 0.458. The summed E-state index contributed by atoms with van der Waals surface area (Å²) in [4.78, 5) is 0. The van der Waals surface area contributed by atoms with Crippen LogP contribution in [0.5, 0.6) is 0 Å². The van der Waals surface area contributed by atoms with Crippen LogP contribution in [-0.4, -0.2) is 13.1 Å². The zero-order valence-electron chi connectivity index (χ0n) is 8.74. The molecular formula is C10H17NRfRh-2. The first kappa shape index (κ1) is 12.6. The fourth-order valence-corrected chi connectivity index (χ4v) is 2.57. The largest absolute Gasteiger partial charge is 0.350 e. The molecule has 0 aromatic rings. The van der Waals surface area contributed by atoms with Crippen LogP contribution in [0.2, 0.25) is 0 Å². The van der Waals surface area contributed by atoms with Crippen molar-refractivity contribution >= 4 is 0 Å². The van der Waals surface area contributed by atoms with Crippen LogP contribution in [0.15, 0.2) is 0 Å². The zero-order valence-corrected chi connectivity index (χ0v) is 16.8. The van der Waals surface area contributed by atoms with Crippen LogP contribution in [0.3, 0.4) is 0 Å². The Morgan fingerprint density at radius 2 is 2.08 bits per heavy atom. The van der Waals surface area contributed by atoms with Gasteiger partial charge in [-0.25, -0.2) is 6.42 Å². The molecule has 1 N–H and O–H groups in total. The Balaban J connectivity index is 0.000000720. The van der Waals surface area contributed by atoms with Crippen molar-refractivity contribution in [2.45, 2.75) is 27.2 Å². The molecule has 1 heterocycles. The number of fused-ring (bicyclic) bond motifs is 1. The Hall–Kier alpha value is -0.417. The molecule has 0 aromatic carbocycles. The number of rotatable bonds is 0. The van der Waals surface area contributed by atoms with Gasteiger partial charge < -0.3 is 17.2 Å². The van der Waals surface area contributed by atoms with Gasteiger partial charge in [-0.3, -0.25) is 5.41 Å². The van der Waals surface area contributed by atoms with Gasteiger partial charge in [0.25, 0.3) is 0 Å². The predicted octanol–water partition coefficient (Wildman–Crippen LogP) is 1.80. The van der Waals surface area contributed by atoms with Crippen molar-refractivity contribution in [1.29, 1.82) is 0 Å². The molecule has 0 amide bonds. The minimum Gasteiger partial charge on any atom is -0.350 e. The van der Waals surface area contributed by atoms with Crippen LogP contribution in [0.4, 0.5) is 0 Å². The van der Waals surface area contributed by atoms with Crippen LogP contribution in [0.25, 0.3) is 0 Å². The molecule has 1 aliphatic heterocycles. The van der Waals surface area contributed by atoms with Crippen LogP contribution >= 0.6 is 0 Å². The standard InChI is InChI=1S/C10H17N.Rf.Rh/c1-7-4-9-5-11-6-10(9,3)8(7)2;;/h7,11H,4-6H2,1-3H3;;/q-2;;. The zero-order chi connectivity index (χ0) is 8.06. The summed E-state index contributed by atoms with van der Waals surface area (Å²) >= 11 is 0. The van der Waals surface area contributed by atoms with E-state index in [1.54, 1.807) is 11.8 Å². The van der Waals surface area contributed by atoms with E-state index in [0.29, 0.717) is 5.41 Å². The van der Waals surface area contributed by atoms with Crippen LogP contribution in [0, 0.1) is 23.2 Å². The molecule has 1 nitrogen and oxygen atoms in total. The summed E-state index contributed by atoms with van der Waals surface area (Å²) in [5, 5.41) is 3.46. The number of hydrogen-bond acceptors (Lipinski definition) is 1. The third-order valence-electron chi connectivity index (χ3n) is 3.76. The fourth-order valence-electron chi connectivity index (χ4n) is 2.57. The molecule has 2 aliphatic rings. The summed E-state index contributed by atoms with van der Waals surface area (Å²) in [7, 11) is 0. The smallest absolute Gasteiger partial charge is 0 e. The molecular weight excluding hydrogens is 504 g/mol. The summed E-state index contributed by atoms with van der Waals surface area (Å²) < 4.78 is 0. The van der Waals surface area contributed by atoms with E-state index in [4.69, 9.17) is 0 Å². The maximum atomic E-state index is 3.46. The third-order valence-corrected chi connectivity index (χ3v) is 3.76. The van der Waals surface area contributed by atoms with Gasteiger partial charge in [-0.1, -0.05) is 13.5 Å². The van der Waals surface area contributed by atoms with Crippen LogP contribution < -0.4 is 5.32 Å². The second kappa shape index (κ2) is 3.76. The monoisotopic (exact) mass is 521 g/mol. The number of nitrogens with one attached hydrogen (secondary N) is 1. The van der Waals surface area contributed by atoms with Crippen molar-refractivity contribution in [3.63, 3.8) is 0 Å². The van der Waals surface area contributed by atoms with Gasteiger partial charge in [-0.15, -0.1) is 13.5 Å². The van der Waals surface area contributed by atoms with Crippen molar-refractivity contribution in [2.24, 2.45) is 11.3 Å². The summed E-state index contributed by atoms with van der Waals surface area (Å²) in [6.07, 6.45) is 1.33. The first-order chi connectivity index (χ1) is 5.14. The SMILES string of the molecule is C[C-]1C(C)C[C-]2CNCC21C.[Rf].[Rh]. The average Bonchev–Trinajstić information content (AvgIpc) is 2.39. The van der Waals surface area contributed by atoms with Gasteiger partial charge in [0.05, 0.1) is 0 Å². The molecule has 2 atom stereocenters. The van der Waals surface area contributed by atoms with Crippen molar-refractivity contribution in [2.75, 3.05) is 13.1 Å². The van der Waals surface area contributed by atoms with E-state index in [0.717, 1.165) is 12.5 Å². The van der Waals surface area contributed by atoms with E-state index < -0.39 is 0 Å². The normalized spacial score (nSPS) is 39.5. The summed E-state index contributed by atoms with van der Waals surface area (Å²) in [5.74, 6) is 4.26. The van der Waals surface area contributed by atoms with Crippen molar-refractivity contribution in [1.82, 2.24) is 5.32 Å². The fraction of sp³-hybridized carbons (Fsp3) is 0.800. The molecule has 1 aliphatic carbocycles. The van der Waals surface area contributed by atoms with Gasteiger partial charge >= 0.3 is 0 Å². The molecule has 75 valence electrons. The van der Waals surface area contributed by atoms with E-state index in [1.807, 2.05) is 0 Å². The average molecular weight is 521 g/mol. The molecule has 0 spiro atoms. The van der Waals surface area contributed by atoms with E-state index in [9.17, 15) is 0 Å². The van der Waals surface area contributed by atoms with E-state index >= 15 is 0 Å². The van der Waals surface area contributed by atoms with E-state index in [-0.39, 0.29) is 19.5 Å². The molecule has 1 saturated heterocycles. The molecule has 1 radical (unpaired) electrons. The first-order valence-electron chi connectivity index (χ1n) is 4.54. The molecule has 0 aromatic heterocycles. The number of hydrogen-bond donors (Lipinski definition) is 1. The summed E-state index contributed by atoms with van der Waals surface area (Å²) in [6, 6.07) is 0. The van der Waals surface area contributed by atoms with Gasteiger partial charge in [0.15, 0.2) is 0 Å². The maximum absolute atomic E-state index is 3.46. The minimum absolute atomic E-state index is 0. The van der Waals surface area contributed by atoms with Gasteiger partial charge in [0.2, 0.25) is 0 Å². The second-order valence-corrected chi connectivity index (χ2v) is 4.33. The Kier molecular flexibility index (Phi) is 3.64. The molecule has 0 bridgehead atoms. The second-order valence-electron chi connectivity index (χ2n) is 4.33. The van der Waals surface area contributed by atoms with E-state index in [1.165, 1.54) is 13.0 Å². The van der Waals surface area contributed by atoms with Gasteiger partial charge in [0, 0.05) is 19.5 Å². The first-order valence-corrected chi connectivity index (χ1v) is 4.54. The Morgan fingerprint density at radius 3 is 2.62 bits per heavy atom. The van der Waals surface area contributed by atoms with Crippen molar-refractivity contribution in [3.8, 4) is 0 Å². The topological polar surface area (TPSA) is 12.0 Å². The predicted molar refractivity (Wildman–Crippen MR) is 46.9 cm³/mol. The Morgan fingerprint density at radius 1 is 1.46 bits per heavy atom. The Bertz CT molecular complexity index is 172. The maximum Gasteiger partial charge on any atom is 0 e. The van der Waals surface area contributed by atoms with Gasteiger partial charge in [-0.2, -0.15) is 12.8 Å².